The predicted molar refractivity (Wildman–Crippen MR) is 88.1 cm³/mol. The molecule has 106 valence electrons. The van der Waals surface area contributed by atoms with Gasteiger partial charge in [0, 0.05) is 19.7 Å². The van der Waals surface area contributed by atoms with Gasteiger partial charge >= 0.3 is 0 Å². The van der Waals surface area contributed by atoms with Crippen molar-refractivity contribution in [2.75, 3.05) is 7.05 Å². The molecule has 5 heteroatoms. The van der Waals surface area contributed by atoms with E-state index in [0.29, 0.717) is 17.9 Å². The van der Waals surface area contributed by atoms with E-state index in [1.807, 2.05) is 24.3 Å². The van der Waals surface area contributed by atoms with Gasteiger partial charge in [-0.3, -0.25) is 4.79 Å². The molecule has 0 aliphatic heterocycles. The number of furan rings is 1. The maximum atomic E-state index is 12.0. The van der Waals surface area contributed by atoms with Crippen LogP contribution in [0.4, 0.5) is 0 Å². The monoisotopic (exact) mass is 392 g/mol. The van der Waals surface area contributed by atoms with Gasteiger partial charge in [-0.1, -0.05) is 12.1 Å². The highest BCUT2D eigenvalue weighted by Crippen LogP contribution is 2.12. The highest BCUT2D eigenvalue weighted by atomic mass is 127. The van der Waals surface area contributed by atoms with Crippen LogP contribution in [-0.2, 0) is 11.3 Å². The van der Waals surface area contributed by atoms with E-state index in [2.05, 4.69) is 28.7 Å². The number of halogens is 1. The van der Waals surface area contributed by atoms with Crippen LogP contribution in [-0.4, -0.2) is 17.9 Å². The van der Waals surface area contributed by atoms with Gasteiger partial charge in [0.25, 0.3) is 0 Å². The summed E-state index contributed by atoms with van der Waals surface area (Å²) in [6, 6.07) is 12.9. The number of nitriles is 1. The van der Waals surface area contributed by atoms with Gasteiger partial charge in [-0.2, -0.15) is 5.26 Å². The van der Waals surface area contributed by atoms with Crippen LogP contribution in [0, 0.1) is 15.1 Å². The summed E-state index contributed by atoms with van der Waals surface area (Å²) in [5.74, 6) is 0.547. The van der Waals surface area contributed by atoms with Gasteiger partial charge in [-0.25, -0.2) is 0 Å². The molecule has 0 radical (unpaired) electrons. The molecular formula is C16H13IN2O2. The van der Waals surface area contributed by atoms with Gasteiger partial charge in [0.15, 0.2) is 3.77 Å². The zero-order valence-corrected chi connectivity index (χ0v) is 13.6. The summed E-state index contributed by atoms with van der Waals surface area (Å²) in [6.07, 6.45) is 3.14. The van der Waals surface area contributed by atoms with Crippen molar-refractivity contribution < 1.29 is 9.21 Å². The second-order valence-corrected chi connectivity index (χ2v) is 5.54. The molecule has 0 aliphatic carbocycles. The molecule has 0 saturated carbocycles. The normalized spacial score (nSPS) is 10.5. The largest absolute Gasteiger partial charge is 0.451 e. The zero-order chi connectivity index (χ0) is 15.2. The molecule has 0 saturated heterocycles. The summed E-state index contributed by atoms with van der Waals surface area (Å²) in [5, 5.41) is 8.75. The van der Waals surface area contributed by atoms with E-state index in [1.165, 1.54) is 6.08 Å². The summed E-state index contributed by atoms with van der Waals surface area (Å²) in [6.45, 7) is 0.491. The molecule has 0 spiro atoms. The number of rotatable bonds is 4. The van der Waals surface area contributed by atoms with E-state index >= 15 is 0 Å². The summed E-state index contributed by atoms with van der Waals surface area (Å²) >= 11 is 2.07. The first-order valence-corrected chi connectivity index (χ1v) is 7.34. The molecule has 0 N–H and O–H groups in total. The van der Waals surface area contributed by atoms with Gasteiger partial charge in [-0.15, -0.1) is 0 Å². The highest BCUT2D eigenvalue weighted by molar-refractivity contribution is 14.1. The third kappa shape index (κ3) is 4.46. The van der Waals surface area contributed by atoms with Gasteiger partial charge in [-0.05, 0) is 58.5 Å². The fourth-order valence-electron chi connectivity index (χ4n) is 1.73. The number of amides is 1. The highest BCUT2D eigenvalue weighted by Gasteiger charge is 2.06. The molecule has 0 unspecified atom stereocenters. The number of hydrogen-bond donors (Lipinski definition) is 0. The van der Waals surface area contributed by atoms with Crippen LogP contribution in [0.25, 0.3) is 6.08 Å². The third-order valence-electron chi connectivity index (χ3n) is 2.86. The topological polar surface area (TPSA) is 57.2 Å². The average molecular weight is 392 g/mol. The lowest BCUT2D eigenvalue weighted by Gasteiger charge is -2.15. The Morgan fingerprint density at radius 3 is 2.62 bits per heavy atom. The summed E-state index contributed by atoms with van der Waals surface area (Å²) < 4.78 is 6.14. The first kappa shape index (κ1) is 15.3. The van der Waals surface area contributed by atoms with Crippen molar-refractivity contribution in [3.05, 3.63) is 63.1 Å². The Morgan fingerprint density at radius 1 is 1.33 bits per heavy atom. The maximum Gasteiger partial charge on any atom is 0.246 e. The smallest absolute Gasteiger partial charge is 0.246 e. The Hall–Kier alpha value is -2.07. The quantitative estimate of drug-likeness (QED) is 0.592. The van der Waals surface area contributed by atoms with E-state index < -0.39 is 0 Å². The molecule has 0 bridgehead atoms. The van der Waals surface area contributed by atoms with E-state index in [1.54, 1.807) is 30.2 Å². The lowest BCUT2D eigenvalue weighted by Crippen LogP contribution is -2.24. The van der Waals surface area contributed by atoms with Crippen molar-refractivity contribution in [3.8, 4) is 6.07 Å². The van der Waals surface area contributed by atoms with Gasteiger partial charge in [0.1, 0.15) is 5.76 Å². The Bertz CT molecular complexity index is 696. The van der Waals surface area contributed by atoms with Crippen LogP contribution in [0.5, 0.6) is 0 Å². The molecule has 4 nitrogen and oxygen atoms in total. The van der Waals surface area contributed by atoms with Gasteiger partial charge in [0.2, 0.25) is 5.91 Å². The van der Waals surface area contributed by atoms with Crippen molar-refractivity contribution in [1.82, 2.24) is 4.90 Å². The Balaban J connectivity index is 1.95. The average Bonchev–Trinajstić information content (AvgIpc) is 2.91. The van der Waals surface area contributed by atoms with Crippen LogP contribution < -0.4 is 0 Å². The van der Waals surface area contributed by atoms with Crippen molar-refractivity contribution >= 4 is 34.6 Å². The first-order valence-electron chi connectivity index (χ1n) is 6.26. The van der Waals surface area contributed by atoms with Crippen molar-refractivity contribution in [1.29, 1.82) is 5.26 Å². The fraction of sp³-hybridized carbons (Fsp3) is 0.125. The Labute approximate surface area is 136 Å². The summed E-state index contributed by atoms with van der Waals surface area (Å²) in [5.41, 5.74) is 1.59. The van der Waals surface area contributed by atoms with Crippen LogP contribution in [0.3, 0.4) is 0 Å². The number of hydrogen-bond acceptors (Lipinski definition) is 3. The van der Waals surface area contributed by atoms with Gasteiger partial charge < -0.3 is 9.32 Å². The number of benzene rings is 1. The second kappa shape index (κ2) is 7.09. The molecular weight excluding hydrogens is 379 g/mol. The van der Waals surface area contributed by atoms with Crippen LogP contribution in [0.2, 0.25) is 0 Å². The predicted octanol–water partition coefficient (Wildman–Crippen LogP) is 3.43. The van der Waals surface area contributed by atoms with Crippen molar-refractivity contribution in [3.63, 3.8) is 0 Å². The Morgan fingerprint density at radius 2 is 2.05 bits per heavy atom. The van der Waals surface area contributed by atoms with Crippen LogP contribution in [0.15, 0.2) is 46.9 Å². The number of carbonyl (C=O) groups excluding carboxylic acids is 1. The van der Waals surface area contributed by atoms with E-state index in [9.17, 15) is 4.79 Å². The van der Waals surface area contributed by atoms with Crippen molar-refractivity contribution in [2.45, 2.75) is 6.54 Å². The van der Waals surface area contributed by atoms with Crippen LogP contribution >= 0.6 is 22.6 Å². The molecule has 2 aromatic rings. The molecule has 21 heavy (non-hydrogen) atoms. The van der Waals surface area contributed by atoms with Crippen LogP contribution in [0.1, 0.15) is 16.9 Å². The molecule has 1 aromatic heterocycles. The molecule has 0 fully saturated rings. The standard InChI is InChI=1S/C16H13IN2O2/c1-19(11-13-4-2-12(10-18)3-5-13)16(20)9-7-14-6-8-15(17)21-14/h2-9H,11H2,1H3/b9-7+. The lowest BCUT2D eigenvalue weighted by atomic mass is 10.1. The molecule has 1 aromatic carbocycles. The minimum Gasteiger partial charge on any atom is -0.451 e. The third-order valence-corrected chi connectivity index (χ3v) is 3.44. The number of nitrogens with zero attached hydrogens (tertiary/aromatic N) is 2. The molecule has 0 atom stereocenters. The molecule has 0 aliphatic rings. The number of carbonyl (C=O) groups is 1. The minimum atomic E-state index is -0.106. The maximum absolute atomic E-state index is 12.0. The van der Waals surface area contributed by atoms with E-state index in [-0.39, 0.29) is 5.91 Å². The SMILES string of the molecule is CN(Cc1ccc(C#N)cc1)C(=O)/C=C/c1ccc(I)o1. The fourth-order valence-corrected chi connectivity index (χ4v) is 2.17. The summed E-state index contributed by atoms with van der Waals surface area (Å²) in [7, 11) is 1.73. The molecule has 1 amide bonds. The van der Waals surface area contributed by atoms with E-state index in [4.69, 9.17) is 9.68 Å². The minimum absolute atomic E-state index is 0.106. The van der Waals surface area contributed by atoms with E-state index in [0.717, 1.165) is 9.33 Å². The lowest BCUT2D eigenvalue weighted by molar-refractivity contribution is -0.125. The second-order valence-electron chi connectivity index (χ2n) is 4.48. The molecule has 2 rings (SSSR count). The Kier molecular flexibility index (Phi) is 5.17. The zero-order valence-electron chi connectivity index (χ0n) is 11.4. The van der Waals surface area contributed by atoms with Gasteiger partial charge in [0.05, 0.1) is 11.6 Å². The first-order chi connectivity index (χ1) is 10.1. The molecule has 1 heterocycles. The van der Waals surface area contributed by atoms with Crippen molar-refractivity contribution in [2.24, 2.45) is 0 Å². The number of likely N-dealkylation sites (N-methyl/N-ethyl adjacent to an activating group) is 1. The summed E-state index contributed by atoms with van der Waals surface area (Å²) in [4.78, 5) is 13.6.